The number of amides is 1. The Morgan fingerprint density at radius 1 is 0.974 bits per heavy atom. The first kappa shape index (κ1) is 27.2. The Bertz CT molecular complexity index is 1540. The standard InChI is InChI=1S/C29H34N4O5S/c30-28(35)20-10-11-21(31-17-20)15-27(34)26(14-19-6-2-1-3-7-19)33-18-32-25-16-23(12-13-24(25)29(33)36)39(37,38)22-8-4-5-9-22/h10-13,16-19,22,26H,1-9,14-15H2,(H2,30,35). The number of hydrogen-bond donors (Lipinski definition) is 1. The highest BCUT2D eigenvalue weighted by Gasteiger charge is 2.31. The van der Waals surface area contributed by atoms with Gasteiger partial charge in [-0.25, -0.2) is 13.4 Å². The van der Waals surface area contributed by atoms with Gasteiger partial charge in [0.2, 0.25) is 5.91 Å². The molecular formula is C29H34N4O5S. The number of benzene rings is 1. The zero-order valence-electron chi connectivity index (χ0n) is 21.9. The van der Waals surface area contributed by atoms with E-state index in [9.17, 15) is 22.8 Å². The first-order chi connectivity index (χ1) is 18.7. The number of pyridine rings is 1. The second-order valence-corrected chi connectivity index (χ2v) is 13.1. The normalized spacial score (nSPS) is 17.8. The van der Waals surface area contributed by atoms with Gasteiger partial charge in [-0.3, -0.25) is 23.9 Å². The summed E-state index contributed by atoms with van der Waals surface area (Å²) in [5, 5.41) is -0.105. The van der Waals surface area contributed by atoms with Gasteiger partial charge >= 0.3 is 0 Å². The van der Waals surface area contributed by atoms with E-state index in [-0.39, 0.29) is 33.6 Å². The smallest absolute Gasteiger partial charge is 0.261 e. The predicted octanol–water partition coefficient (Wildman–Crippen LogP) is 3.93. The average molecular weight is 551 g/mol. The minimum Gasteiger partial charge on any atom is -0.366 e. The topological polar surface area (TPSA) is 142 Å². The van der Waals surface area contributed by atoms with Crippen LogP contribution in [-0.2, 0) is 21.1 Å². The van der Waals surface area contributed by atoms with E-state index < -0.39 is 27.0 Å². The van der Waals surface area contributed by atoms with Gasteiger partial charge in [0.05, 0.1) is 45.4 Å². The second kappa shape index (κ2) is 11.4. The second-order valence-electron chi connectivity index (χ2n) is 10.9. The van der Waals surface area contributed by atoms with Crippen LogP contribution in [0, 0.1) is 5.92 Å². The SMILES string of the molecule is NC(=O)c1ccc(CC(=O)C(CC2CCCCC2)n2cnc3cc(S(=O)(=O)C4CCCC4)ccc3c2=O)nc1. The largest absolute Gasteiger partial charge is 0.366 e. The Hall–Kier alpha value is -3.40. The molecule has 1 aromatic carbocycles. The molecule has 1 amide bonds. The number of fused-ring (bicyclic) bond motifs is 1. The molecule has 0 radical (unpaired) electrons. The van der Waals surface area contributed by atoms with E-state index in [2.05, 4.69) is 9.97 Å². The van der Waals surface area contributed by atoms with Crippen molar-refractivity contribution >= 4 is 32.4 Å². The van der Waals surface area contributed by atoms with Crippen LogP contribution in [0.25, 0.3) is 10.9 Å². The lowest BCUT2D eigenvalue weighted by molar-refractivity contribution is -0.122. The van der Waals surface area contributed by atoms with E-state index in [1.807, 2.05) is 0 Å². The average Bonchev–Trinajstić information content (AvgIpc) is 3.49. The van der Waals surface area contributed by atoms with Gasteiger partial charge in [-0.05, 0) is 55.5 Å². The van der Waals surface area contributed by atoms with Crippen LogP contribution in [0.15, 0.2) is 52.5 Å². The van der Waals surface area contributed by atoms with Crippen LogP contribution in [0.4, 0.5) is 0 Å². The number of Topliss-reactive ketones (excluding diaryl/α,β-unsaturated/α-hetero) is 1. The summed E-state index contributed by atoms with van der Waals surface area (Å²) in [5.74, 6) is -0.438. The number of rotatable bonds is 9. The number of sulfone groups is 1. The van der Waals surface area contributed by atoms with Gasteiger partial charge < -0.3 is 5.73 Å². The minimum atomic E-state index is -3.48. The van der Waals surface area contributed by atoms with Crippen LogP contribution in [-0.4, -0.2) is 39.9 Å². The zero-order chi connectivity index (χ0) is 27.6. The van der Waals surface area contributed by atoms with Crippen LogP contribution in [0.5, 0.6) is 0 Å². The van der Waals surface area contributed by atoms with Crippen molar-refractivity contribution < 1.29 is 18.0 Å². The molecule has 206 valence electrons. The Morgan fingerprint density at radius 3 is 2.36 bits per heavy atom. The van der Waals surface area contributed by atoms with Gasteiger partial charge in [0.1, 0.15) is 0 Å². The molecule has 5 rings (SSSR count). The van der Waals surface area contributed by atoms with E-state index in [0.717, 1.165) is 38.5 Å². The van der Waals surface area contributed by atoms with E-state index >= 15 is 0 Å². The molecule has 2 aliphatic rings. The number of aromatic nitrogens is 3. The molecule has 2 saturated carbocycles. The molecule has 2 aromatic heterocycles. The molecule has 2 N–H and O–H groups in total. The number of hydrogen-bond acceptors (Lipinski definition) is 7. The third-order valence-corrected chi connectivity index (χ3v) is 10.5. The van der Waals surface area contributed by atoms with Crippen molar-refractivity contribution in [3.05, 3.63) is 64.5 Å². The van der Waals surface area contributed by atoms with Crippen LogP contribution >= 0.6 is 0 Å². The first-order valence-electron chi connectivity index (χ1n) is 13.8. The van der Waals surface area contributed by atoms with E-state index in [0.29, 0.717) is 36.4 Å². The van der Waals surface area contributed by atoms with E-state index in [1.54, 1.807) is 6.07 Å². The molecular weight excluding hydrogens is 516 g/mol. The van der Waals surface area contributed by atoms with Gasteiger partial charge in [-0.15, -0.1) is 0 Å². The van der Waals surface area contributed by atoms with Crippen molar-refractivity contribution in [3.63, 3.8) is 0 Å². The molecule has 39 heavy (non-hydrogen) atoms. The van der Waals surface area contributed by atoms with Crippen molar-refractivity contribution in [3.8, 4) is 0 Å². The molecule has 0 aliphatic heterocycles. The van der Waals surface area contributed by atoms with Gasteiger partial charge in [0.15, 0.2) is 15.6 Å². The van der Waals surface area contributed by atoms with Crippen molar-refractivity contribution in [1.29, 1.82) is 0 Å². The van der Waals surface area contributed by atoms with E-state index in [4.69, 9.17) is 5.73 Å². The molecule has 10 heteroatoms. The fourth-order valence-corrected chi connectivity index (χ4v) is 7.89. The lowest BCUT2D eigenvalue weighted by Gasteiger charge is -2.27. The highest BCUT2D eigenvalue weighted by Crippen LogP contribution is 2.32. The van der Waals surface area contributed by atoms with Crippen molar-refractivity contribution in [2.75, 3.05) is 0 Å². The molecule has 9 nitrogen and oxygen atoms in total. The fourth-order valence-electron chi connectivity index (χ4n) is 6.01. The first-order valence-corrected chi connectivity index (χ1v) is 15.3. The summed E-state index contributed by atoms with van der Waals surface area (Å²) in [7, 11) is -3.48. The Labute approximate surface area is 227 Å². The van der Waals surface area contributed by atoms with Gasteiger partial charge in [0.25, 0.3) is 5.56 Å². The van der Waals surface area contributed by atoms with Crippen molar-refractivity contribution in [2.45, 2.75) is 86.8 Å². The van der Waals surface area contributed by atoms with Crippen LogP contribution < -0.4 is 11.3 Å². The van der Waals surface area contributed by atoms with Gasteiger partial charge in [-0.1, -0.05) is 44.9 Å². The molecule has 0 spiro atoms. The molecule has 3 aromatic rings. The van der Waals surface area contributed by atoms with Crippen LogP contribution in [0.1, 0.15) is 86.3 Å². The highest BCUT2D eigenvalue weighted by atomic mass is 32.2. The monoisotopic (exact) mass is 550 g/mol. The molecule has 2 fully saturated rings. The van der Waals surface area contributed by atoms with Crippen molar-refractivity contribution in [2.24, 2.45) is 11.7 Å². The molecule has 2 heterocycles. The van der Waals surface area contributed by atoms with Crippen LogP contribution in [0.2, 0.25) is 0 Å². The number of nitrogens with two attached hydrogens (primary N) is 1. The fraction of sp³-hybridized carbons (Fsp3) is 0.483. The third kappa shape index (κ3) is 5.80. The summed E-state index contributed by atoms with van der Waals surface area (Å²) >= 11 is 0. The maximum Gasteiger partial charge on any atom is 0.261 e. The lowest BCUT2D eigenvalue weighted by Crippen LogP contribution is -2.33. The maximum atomic E-state index is 13.7. The highest BCUT2D eigenvalue weighted by molar-refractivity contribution is 7.92. The quantitative estimate of drug-likeness (QED) is 0.425. The Balaban J connectivity index is 1.47. The summed E-state index contributed by atoms with van der Waals surface area (Å²) in [6, 6.07) is 6.91. The number of primary amides is 1. The summed E-state index contributed by atoms with van der Waals surface area (Å²) in [5.41, 5.74) is 5.99. The molecule has 0 saturated heterocycles. The number of nitrogens with zero attached hydrogens (tertiary/aromatic N) is 3. The predicted molar refractivity (Wildman–Crippen MR) is 147 cm³/mol. The molecule has 0 bridgehead atoms. The number of ketones is 1. The molecule has 1 atom stereocenters. The Morgan fingerprint density at radius 2 is 1.69 bits per heavy atom. The zero-order valence-corrected chi connectivity index (χ0v) is 22.7. The van der Waals surface area contributed by atoms with Gasteiger partial charge in [0, 0.05) is 11.9 Å². The van der Waals surface area contributed by atoms with Crippen molar-refractivity contribution in [1.82, 2.24) is 14.5 Å². The van der Waals surface area contributed by atoms with Gasteiger partial charge in [-0.2, -0.15) is 0 Å². The maximum absolute atomic E-state index is 13.7. The minimum absolute atomic E-state index is 0.000520. The summed E-state index contributed by atoms with van der Waals surface area (Å²) in [6.45, 7) is 0. The summed E-state index contributed by atoms with van der Waals surface area (Å²) in [6.07, 6.45) is 11.8. The summed E-state index contributed by atoms with van der Waals surface area (Å²) in [4.78, 5) is 47.5. The summed E-state index contributed by atoms with van der Waals surface area (Å²) < 4.78 is 27.6. The third-order valence-electron chi connectivity index (χ3n) is 8.28. The molecule has 2 aliphatic carbocycles. The Kier molecular flexibility index (Phi) is 7.93. The van der Waals surface area contributed by atoms with Crippen LogP contribution in [0.3, 0.4) is 0 Å². The lowest BCUT2D eigenvalue weighted by atomic mass is 9.83. The molecule has 1 unspecified atom stereocenters. The number of carbonyl (C=O) groups excluding carboxylic acids is 2. The van der Waals surface area contributed by atoms with E-state index in [1.165, 1.54) is 47.8 Å². The number of carbonyl (C=O) groups is 2.